The van der Waals surface area contributed by atoms with E-state index < -0.39 is 0 Å². The zero-order valence-electron chi connectivity index (χ0n) is 9.68. The molecule has 0 atom stereocenters. The van der Waals surface area contributed by atoms with E-state index in [0.717, 1.165) is 10.9 Å². The number of nitrogens with zero attached hydrogens (tertiary/aromatic N) is 2. The summed E-state index contributed by atoms with van der Waals surface area (Å²) < 4.78 is 5.73. The third-order valence-electron chi connectivity index (χ3n) is 2.56. The predicted molar refractivity (Wildman–Crippen MR) is 76.1 cm³/mol. The lowest BCUT2D eigenvalue weighted by Crippen LogP contribution is -1.91. The Morgan fingerprint density at radius 1 is 0.895 bits per heavy atom. The van der Waals surface area contributed by atoms with Crippen LogP contribution in [0.4, 0.5) is 0 Å². The van der Waals surface area contributed by atoms with Crippen molar-refractivity contribution < 1.29 is 4.74 Å². The molecule has 0 bridgehead atoms. The van der Waals surface area contributed by atoms with Crippen LogP contribution in [0.3, 0.4) is 0 Å². The van der Waals surface area contributed by atoms with Gasteiger partial charge in [-0.3, -0.25) is 0 Å². The fraction of sp³-hybridized carbons (Fsp3) is 0. The molecule has 0 spiro atoms. The van der Waals surface area contributed by atoms with Gasteiger partial charge in [0.25, 0.3) is 0 Å². The van der Waals surface area contributed by atoms with Crippen LogP contribution in [0.2, 0.25) is 10.0 Å². The SMILES string of the molecule is Clc1cc(Cl)cc(Oc2ncnc3ccccc23)c1. The molecule has 1 heterocycles. The van der Waals surface area contributed by atoms with Crippen LogP contribution < -0.4 is 4.74 Å². The van der Waals surface area contributed by atoms with E-state index in [-0.39, 0.29) is 0 Å². The van der Waals surface area contributed by atoms with Crippen molar-refractivity contribution in [2.24, 2.45) is 0 Å². The van der Waals surface area contributed by atoms with E-state index in [1.54, 1.807) is 18.2 Å². The van der Waals surface area contributed by atoms with Crippen LogP contribution in [0.15, 0.2) is 48.8 Å². The van der Waals surface area contributed by atoms with Gasteiger partial charge in [0.15, 0.2) is 0 Å². The van der Waals surface area contributed by atoms with E-state index in [4.69, 9.17) is 27.9 Å². The summed E-state index contributed by atoms with van der Waals surface area (Å²) >= 11 is 11.9. The fourth-order valence-electron chi connectivity index (χ4n) is 1.76. The molecule has 19 heavy (non-hydrogen) atoms. The van der Waals surface area contributed by atoms with Crippen molar-refractivity contribution in [2.75, 3.05) is 0 Å². The number of benzene rings is 2. The molecule has 0 radical (unpaired) electrons. The van der Waals surface area contributed by atoms with E-state index in [0.29, 0.717) is 21.7 Å². The molecule has 0 aliphatic carbocycles. The maximum Gasteiger partial charge on any atom is 0.230 e. The summed E-state index contributed by atoms with van der Waals surface area (Å²) in [4.78, 5) is 8.32. The average molecular weight is 291 g/mol. The highest BCUT2D eigenvalue weighted by Gasteiger charge is 2.06. The molecular formula is C14H8Cl2N2O. The van der Waals surface area contributed by atoms with Crippen molar-refractivity contribution in [2.45, 2.75) is 0 Å². The second-order valence-electron chi connectivity index (χ2n) is 3.90. The standard InChI is InChI=1S/C14H8Cl2N2O/c15-9-5-10(16)7-11(6-9)19-14-12-3-1-2-4-13(12)17-8-18-14/h1-8H. The maximum absolute atomic E-state index is 5.94. The van der Waals surface area contributed by atoms with Crippen LogP contribution in [0.25, 0.3) is 10.9 Å². The van der Waals surface area contributed by atoms with Gasteiger partial charge in [-0.05, 0) is 30.3 Å². The van der Waals surface area contributed by atoms with E-state index >= 15 is 0 Å². The van der Waals surface area contributed by atoms with Gasteiger partial charge in [0.2, 0.25) is 5.88 Å². The third kappa shape index (κ3) is 2.62. The lowest BCUT2D eigenvalue weighted by molar-refractivity contribution is 0.468. The zero-order valence-corrected chi connectivity index (χ0v) is 11.2. The highest BCUT2D eigenvalue weighted by molar-refractivity contribution is 6.34. The highest BCUT2D eigenvalue weighted by Crippen LogP contribution is 2.30. The van der Waals surface area contributed by atoms with E-state index in [9.17, 15) is 0 Å². The summed E-state index contributed by atoms with van der Waals surface area (Å²) in [6, 6.07) is 12.6. The molecule has 0 fully saturated rings. The van der Waals surface area contributed by atoms with Gasteiger partial charge in [-0.1, -0.05) is 35.3 Å². The van der Waals surface area contributed by atoms with Gasteiger partial charge in [-0.15, -0.1) is 0 Å². The molecular weight excluding hydrogens is 283 g/mol. The molecule has 0 aliphatic rings. The quantitative estimate of drug-likeness (QED) is 0.684. The second kappa shape index (κ2) is 5.03. The van der Waals surface area contributed by atoms with Gasteiger partial charge in [0.1, 0.15) is 12.1 Å². The molecule has 2 aromatic carbocycles. The number of rotatable bonds is 2. The minimum atomic E-state index is 0.476. The first-order chi connectivity index (χ1) is 9.22. The molecule has 5 heteroatoms. The molecule has 0 saturated heterocycles. The average Bonchev–Trinajstić information content (AvgIpc) is 2.38. The Hall–Kier alpha value is -1.84. The second-order valence-corrected chi connectivity index (χ2v) is 4.78. The lowest BCUT2D eigenvalue weighted by Gasteiger charge is -2.07. The summed E-state index contributed by atoms with van der Waals surface area (Å²) in [5.41, 5.74) is 0.820. The molecule has 3 nitrogen and oxygen atoms in total. The molecule has 94 valence electrons. The van der Waals surface area contributed by atoms with Crippen molar-refractivity contribution >= 4 is 34.1 Å². The molecule has 0 amide bonds. The molecule has 0 saturated carbocycles. The van der Waals surface area contributed by atoms with Gasteiger partial charge >= 0.3 is 0 Å². The summed E-state index contributed by atoms with van der Waals surface area (Å²) in [5, 5.41) is 1.86. The summed E-state index contributed by atoms with van der Waals surface area (Å²) in [6.45, 7) is 0. The summed E-state index contributed by atoms with van der Waals surface area (Å²) in [7, 11) is 0. The first kappa shape index (κ1) is 12.2. The van der Waals surface area contributed by atoms with Crippen molar-refractivity contribution in [3.8, 4) is 11.6 Å². The van der Waals surface area contributed by atoms with Gasteiger partial charge in [-0.2, -0.15) is 0 Å². The Kier molecular flexibility index (Phi) is 3.23. The molecule has 0 aliphatic heterocycles. The number of hydrogen-bond donors (Lipinski definition) is 0. The van der Waals surface area contributed by atoms with Crippen LogP contribution in [-0.4, -0.2) is 9.97 Å². The van der Waals surface area contributed by atoms with Crippen LogP contribution in [0.1, 0.15) is 0 Å². The smallest absolute Gasteiger partial charge is 0.230 e. The largest absolute Gasteiger partial charge is 0.438 e. The number of hydrogen-bond acceptors (Lipinski definition) is 3. The van der Waals surface area contributed by atoms with Gasteiger partial charge in [0.05, 0.1) is 10.9 Å². The van der Waals surface area contributed by atoms with Crippen molar-refractivity contribution in [3.05, 3.63) is 58.8 Å². The van der Waals surface area contributed by atoms with Crippen LogP contribution in [0, 0.1) is 0 Å². The molecule has 0 unspecified atom stereocenters. The topological polar surface area (TPSA) is 35.0 Å². The number of para-hydroxylation sites is 1. The Morgan fingerprint density at radius 3 is 2.42 bits per heavy atom. The number of halogens is 2. The monoisotopic (exact) mass is 290 g/mol. The number of ether oxygens (including phenoxy) is 1. The first-order valence-electron chi connectivity index (χ1n) is 5.56. The fourth-order valence-corrected chi connectivity index (χ4v) is 2.27. The Labute approximate surface area is 119 Å². The minimum absolute atomic E-state index is 0.476. The van der Waals surface area contributed by atoms with Crippen LogP contribution in [-0.2, 0) is 0 Å². The van der Waals surface area contributed by atoms with Crippen LogP contribution >= 0.6 is 23.2 Å². The lowest BCUT2D eigenvalue weighted by atomic mass is 10.2. The normalized spacial score (nSPS) is 10.6. The Morgan fingerprint density at radius 2 is 1.63 bits per heavy atom. The first-order valence-corrected chi connectivity index (χ1v) is 6.32. The molecule has 3 aromatic rings. The van der Waals surface area contributed by atoms with Crippen molar-refractivity contribution in [3.63, 3.8) is 0 Å². The minimum Gasteiger partial charge on any atom is -0.438 e. The highest BCUT2D eigenvalue weighted by atomic mass is 35.5. The number of fused-ring (bicyclic) bond motifs is 1. The Balaban J connectivity index is 2.05. The van der Waals surface area contributed by atoms with E-state index in [2.05, 4.69) is 9.97 Å². The molecule has 0 N–H and O–H groups in total. The van der Waals surface area contributed by atoms with Crippen LogP contribution in [0.5, 0.6) is 11.6 Å². The molecule has 1 aromatic heterocycles. The predicted octanol–water partition coefficient (Wildman–Crippen LogP) is 4.73. The Bertz CT molecular complexity index is 721. The van der Waals surface area contributed by atoms with Crippen molar-refractivity contribution in [1.29, 1.82) is 0 Å². The maximum atomic E-state index is 5.94. The van der Waals surface area contributed by atoms with Gasteiger partial charge in [0, 0.05) is 10.0 Å². The van der Waals surface area contributed by atoms with Gasteiger partial charge in [-0.25, -0.2) is 9.97 Å². The summed E-state index contributed by atoms with van der Waals surface area (Å²) in [5.74, 6) is 1.02. The van der Waals surface area contributed by atoms with E-state index in [1.807, 2.05) is 24.3 Å². The van der Waals surface area contributed by atoms with E-state index in [1.165, 1.54) is 6.33 Å². The van der Waals surface area contributed by atoms with Crippen molar-refractivity contribution in [1.82, 2.24) is 9.97 Å². The van der Waals surface area contributed by atoms with Gasteiger partial charge < -0.3 is 4.74 Å². The zero-order chi connectivity index (χ0) is 13.2. The number of aromatic nitrogens is 2. The molecule has 3 rings (SSSR count). The summed E-state index contributed by atoms with van der Waals surface area (Å²) in [6.07, 6.45) is 1.46. The third-order valence-corrected chi connectivity index (χ3v) is 2.99.